The van der Waals surface area contributed by atoms with Gasteiger partial charge in [0.05, 0.1) is 5.92 Å². The molecule has 0 bridgehead atoms. The van der Waals surface area contributed by atoms with Crippen LogP contribution in [-0.4, -0.2) is 40.4 Å². The van der Waals surface area contributed by atoms with Crippen LogP contribution in [0.2, 0.25) is 0 Å². The fourth-order valence-electron chi connectivity index (χ4n) is 3.51. The van der Waals surface area contributed by atoms with Gasteiger partial charge in [-0.15, -0.1) is 0 Å². The number of nitrogens with two attached hydrogens (primary N) is 1. The molecule has 2 unspecified atom stereocenters. The Morgan fingerprint density at radius 1 is 1.11 bits per heavy atom. The number of unbranched alkanes of at least 4 members (excludes halogenated alkanes) is 9. The third-order valence-electron chi connectivity index (χ3n) is 5.34. The molecule has 1 fully saturated rings. The van der Waals surface area contributed by atoms with Crippen LogP contribution < -0.4 is 5.73 Å². The highest BCUT2D eigenvalue weighted by Gasteiger charge is 2.36. The smallest absolute Gasteiger partial charge is 0.320 e. The van der Waals surface area contributed by atoms with Crippen molar-refractivity contribution < 1.29 is 19.5 Å². The van der Waals surface area contributed by atoms with Gasteiger partial charge in [0.25, 0.3) is 0 Å². The molecule has 1 aliphatic heterocycles. The number of imide groups is 1. The third-order valence-corrected chi connectivity index (χ3v) is 5.34. The van der Waals surface area contributed by atoms with Gasteiger partial charge in [-0.1, -0.05) is 64.0 Å². The first-order valence-corrected chi connectivity index (χ1v) is 11.0. The Kier molecular flexibility index (Phi) is 12.5. The minimum atomic E-state index is -1.02. The Morgan fingerprint density at radius 3 is 2.39 bits per heavy atom. The van der Waals surface area contributed by atoms with Gasteiger partial charge in [-0.25, -0.2) is 0 Å². The second kappa shape index (κ2) is 14.3. The van der Waals surface area contributed by atoms with Gasteiger partial charge >= 0.3 is 5.97 Å². The van der Waals surface area contributed by atoms with Gasteiger partial charge in [-0.3, -0.25) is 19.3 Å². The lowest BCUT2D eigenvalue weighted by Crippen LogP contribution is -2.32. The number of allylic oxidation sites excluding steroid dienone is 1. The van der Waals surface area contributed by atoms with Crippen LogP contribution >= 0.6 is 0 Å². The average Bonchev–Trinajstić information content (AvgIpc) is 2.93. The number of hydrogen-bond acceptors (Lipinski definition) is 4. The second-order valence-corrected chi connectivity index (χ2v) is 7.83. The summed E-state index contributed by atoms with van der Waals surface area (Å²) in [6.45, 7) is 2.58. The third kappa shape index (κ3) is 9.49. The van der Waals surface area contributed by atoms with Crippen LogP contribution in [0.1, 0.15) is 90.4 Å². The number of carbonyl (C=O) groups is 3. The first-order valence-electron chi connectivity index (χ1n) is 11.0. The number of nitrogens with zero attached hydrogens (tertiary/aromatic N) is 1. The first kappa shape index (κ1) is 24.3. The van der Waals surface area contributed by atoms with E-state index in [1.54, 1.807) is 0 Å². The van der Waals surface area contributed by atoms with E-state index in [-0.39, 0.29) is 24.2 Å². The second-order valence-electron chi connectivity index (χ2n) is 7.83. The van der Waals surface area contributed by atoms with Gasteiger partial charge in [0.1, 0.15) is 6.04 Å². The van der Waals surface area contributed by atoms with E-state index < -0.39 is 12.0 Å². The molecule has 3 N–H and O–H groups in total. The lowest BCUT2D eigenvalue weighted by atomic mass is 10.0. The number of carboxylic acids is 1. The number of amides is 2. The van der Waals surface area contributed by atoms with Crippen molar-refractivity contribution in [2.75, 3.05) is 6.54 Å². The lowest BCUT2D eigenvalue weighted by molar-refractivity contribution is -0.140. The summed E-state index contributed by atoms with van der Waals surface area (Å²) >= 11 is 0. The molecular weight excluding hydrogens is 356 g/mol. The molecule has 0 aromatic heterocycles. The molecule has 28 heavy (non-hydrogen) atoms. The predicted molar refractivity (Wildman–Crippen MR) is 111 cm³/mol. The summed E-state index contributed by atoms with van der Waals surface area (Å²) in [5.41, 5.74) is 5.46. The zero-order valence-corrected chi connectivity index (χ0v) is 17.4. The maximum atomic E-state index is 12.4. The molecule has 1 heterocycles. The van der Waals surface area contributed by atoms with Gasteiger partial charge < -0.3 is 10.8 Å². The molecule has 0 spiro atoms. The van der Waals surface area contributed by atoms with Crippen molar-refractivity contribution in [2.24, 2.45) is 11.7 Å². The molecule has 1 rings (SSSR count). The largest absolute Gasteiger partial charge is 0.480 e. The van der Waals surface area contributed by atoms with Crippen molar-refractivity contribution in [3.63, 3.8) is 0 Å². The van der Waals surface area contributed by atoms with Crippen LogP contribution in [0.5, 0.6) is 0 Å². The Labute approximate surface area is 169 Å². The Balaban J connectivity index is 2.17. The molecule has 0 aromatic carbocycles. The fourth-order valence-corrected chi connectivity index (χ4v) is 3.51. The first-order chi connectivity index (χ1) is 13.5. The Hall–Kier alpha value is -1.69. The van der Waals surface area contributed by atoms with Crippen LogP contribution in [0.25, 0.3) is 0 Å². The predicted octanol–water partition coefficient (Wildman–Crippen LogP) is 4.03. The van der Waals surface area contributed by atoms with Crippen LogP contribution in [0, 0.1) is 5.92 Å². The summed E-state index contributed by atoms with van der Waals surface area (Å²) in [7, 11) is 0. The number of hydrogen-bond donors (Lipinski definition) is 2. The number of likely N-dealkylation sites (tertiary alicyclic amines) is 1. The lowest BCUT2D eigenvalue weighted by Gasteiger charge is -2.14. The summed E-state index contributed by atoms with van der Waals surface area (Å²) < 4.78 is 0. The van der Waals surface area contributed by atoms with E-state index >= 15 is 0 Å². The van der Waals surface area contributed by atoms with Crippen LogP contribution in [0.15, 0.2) is 12.2 Å². The molecule has 0 aliphatic carbocycles. The van der Waals surface area contributed by atoms with Crippen molar-refractivity contribution in [3.8, 4) is 0 Å². The van der Waals surface area contributed by atoms with E-state index in [2.05, 4.69) is 6.92 Å². The quantitative estimate of drug-likeness (QED) is 0.234. The SMILES string of the molecule is CCCCCCCCCC/C=C/C1CC(=O)N(CCCCC(N)C(=O)O)C1=O. The zero-order chi connectivity index (χ0) is 20.8. The van der Waals surface area contributed by atoms with E-state index in [0.29, 0.717) is 25.8 Å². The molecule has 0 aromatic rings. The highest BCUT2D eigenvalue weighted by molar-refractivity contribution is 6.04. The Morgan fingerprint density at radius 2 is 1.75 bits per heavy atom. The molecule has 6 nitrogen and oxygen atoms in total. The van der Waals surface area contributed by atoms with Crippen molar-refractivity contribution in [1.29, 1.82) is 0 Å². The summed E-state index contributed by atoms with van der Waals surface area (Å²) in [4.78, 5) is 36.4. The molecule has 0 saturated carbocycles. The summed E-state index contributed by atoms with van der Waals surface area (Å²) in [6, 6.07) is -0.878. The van der Waals surface area contributed by atoms with Crippen LogP contribution in [0.3, 0.4) is 0 Å². The average molecular weight is 395 g/mol. The van der Waals surface area contributed by atoms with E-state index in [1.165, 1.54) is 49.8 Å². The monoisotopic (exact) mass is 394 g/mol. The maximum Gasteiger partial charge on any atom is 0.320 e. The van der Waals surface area contributed by atoms with Gasteiger partial charge in [-0.2, -0.15) is 0 Å². The molecule has 2 amide bonds. The van der Waals surface area contributed by atoms with Gasteiger partial charge in [0.2, 0.25) is 11.8 Å². The minimum absolute atomic E-state index is 0.125. The van der Waals surface area contributed by atoms with Gasteiger partial charge in [0.15, 0.2) is 0 Å². The van der Waals surface area contributed by atoms with Crippen molar-refractivity contribution in [3.05, 3.63) is 12.2 Å². The molecule has 1 saturated heterocycles. The molecule has 2 atom stereocenters. The molecule has 1 aliphatic rings. The van der Waals surface area contributed by atoms with E-state index in [9.17, 15) is 14.4 Å². The van der Waals surface area contributed by atoms with Crippen molar-refractivity contribution in [1.82, 2.24) is 4.90 Å². The molecule has 160 valence electrons. The van der Waals surface area contributed by atoms with Crippen LogP contribution in [-0.2, 0) is 14.4 Å². The molecule has 0 radical (unpaired) electrons. The maximum absolute atomic E-state index is 12.4. The number of rotatable bonds is 16. The minimum Gasteiger partial charge on any atom is -0.480 e. The fraction of sp³-hybridized carbons (Fsp3) is 0.773. The normalized spacial score (nSPS) is 18.4. The molecular formula is C22H38N2O4. The Bertz CT molecular complexity index is 519. The topological polar surface area (TPSA) is 101 Å². The summed E-state index contributed by atoms with van der Waals surface area (Å²) in [5, 5.41) is 8.75. The van der Waals surface area contributed by atoms with E-state index in [4.69, 9.17) is 10.8 Å². The zero-order valence-electron chi connectivity index (χ0n) is 17.4. The van der Waals surface area contributed by atoms with Gasteiger partial charge in [0, 0.05) is 13.0 Å². The van der Waals surface area contributed by atoms with E-state index in [0.717, 1.165) is 12.8 Å². The highest BCUT2D eigenvalue weighted by atomic mass is 16.4. The highest BCUT2D eigenvalue weighted by Crippen LogP contribution is 2.22. The number of aliphatic carboxylic acids is 1. The standard InChI is InChI=1S/C22H38N2O4/c1-2-3-4-5-6-7-8-9-10-11-14-18-17-20(25)24(21(18)26)16-13-12-15-19(23)22(27)28/h11,14,18-19H,2-10,12-13,15-17,23H2,1H3,(H,27,28)/b14-11+. The number of carboxylic acid groups (broad SMARTS) is 1. The van der Waals surface area contributed by atoms with Crippen LogP contribution in [0.4, 0.5) is 0 Å². The number of carbonyl (C=O) groups excluding carboxylic acids is 2. The van der Waals surface area contributed by atoms with Gasteiger partial charge in [-0.05, 0) is 32.1 Å². The molecule has 6 heteroatoms. The van der Waals surface area contributed by atoms with E-state index in [1.807, 2.05) is 12.2 Å². The summed E-state index contributed by atoms with van der Waals surface area (Å²) in [5.74, 6) is -1.60. The summed E-state index contributed by atoms with van der Waals surface area (Å²) in [6.07, 6.45) is 16.9. The van der Waals surface area contributed by atoms with Crippen molar-refractivity contribution >= 4 is 17.8 Å². The van der Waals surface area contributed by atoms with Crippen molar-refractivity contribution in [2.45, 2.75) is 96.4 Å².